The first-order valence-corrected chi connectivity index (χ1v) is 8.06. The van der Waals surface area contributed by atoms with Crippen LogP contribution in [0.1, 0.15) is 12.8 Å². The predicted molar refractivity (Wildman–Crippen MR) is 83.2 cm³/mol. The van der Waals surface area contributed by atoms with E-state index in [-0.39, 0.29) is 30.1 Å². The fourth-order valence-corrected chi connectivity index (χ4v) is 3.84. The Bertz CT molecular complexity index is 634. The Morgan fingerprint density at radius 1 is 1.36 bits per heavy atom. The number of hydrogen-bond acceptors (Lipinski definition) is 4. The Labute approximate surface area is 132 Å². The van der Waals surface area contributed by atoms with E-state index in [2.05, 4.69) is 5.32 Å². The van der Waals surface area contributed by atoms with Gasteiger partial charge in [0.15, 0.2) is 0 Å². The SMILES string of the molecule is NC(=O)C1CCN(C(=O)CC2Sc3ccccc3NC2=O)C1. The van der Waals surface area contributed by atoms with E-state index in [1.807, 2.05) is 24.3 Å². The molecule has 0 aromatic heterocycles. The largest absolute Gasteiger partial charge is 0.369 e. The van der Waals surface area contributed by atoms with E-state index < -0.39 is 5.25 Å². The molecule has 2 aliphatic rings. The van der Waals surface area contributed by atoms with Gasteiger partial charge in [-0.2, -0.15) is 0 Å². The van der Waals surface area contributed by atoms with Gasteiger partial charge in [-0.3, -0.25) is 14.4 Å². The first kappa shape index (κ1) is 14.9. The van der Waals surface area contributed by atoms with Gasteiger partial charge in [0.05, 0.1) is 16.9 Å². The molecule has 1 aromatic carbocycles. The third kappa shape index (κ3) is 2.94. The molecule has 3 N–H and O–H groups in total. The Kier molecular flexibility index (Phi) is 4.06. The summed E-state index contributed by atoms with van der Waals surface area (Å²) in [4.78, 5) is 38.2. The van der Waals surface area contributed by atoms with Gasteiger partial charge < -0.3 is 16.0 Å². The van der Waals surface area contributed by atoms with Crippen LogP contribution in [0.25, 0.3) is 0 Å². The smallest absolute Gasteiger partial charge is 0.238 e. The Balaban J connectivity index is 1.63. The summed E-state index contributed by atoms with van der Waals surface area (Å²) >= 11 is 1.41. The van der Waals surface area contributed by atoms with Crippen LogP contribution >= 0.6 is 11.8 Å². The molecule has 0 saturated carbocycles. The molecule has 2 atom stereocenters. The van der Waals surface area contributed by atoms with Gasteiger partial charge in [-0.05, 0) is 18.6 Å². The van der Waals surface area contributed by atoms with Crippen LogP contribution in [0.3, 0.4) is 0 Å². The number of nitrogens with one attached hydrogen (secondary N) is 1. The Morgan fingerprint density at radius 2 is 2.14 bits per heavy atom. The average Bonchev–Trinajstić information content (AvgIpc) is 2.98. The first-order chi connectivity index (χ1) is 10.5. The van der Waals surface area contributed by atoms with Gasteiger partial charge in [-0.15, -0.1) is 11.8 Å². The van der Waals surface area contributed by atoms with E-state index in [0.717, 1.165) is 10.6 Å². The van der Waals surface area contributed by atoms with Gasteiger partial charge in [-0.1, -0.05) is 12.1 Å². The minimum absolute atomic E-state index is 0.101. The molecule has 0 aliphatic carbocycles. The van der Waals surface area contributed by atoms with Crippen molar-refractivity contribution in [1.29, 1.82) is 0 Å². The second kappa shape index (κ2) is 6.00. The summed E-state index contributed by atoms with van der Waals surface area (Å²) in [6.07, 6.45) is 0.740. The van der Waals surface area contributed by atoms with Gasteiger partial charge in [0, 0.05) is 24.4 Å². The maximum Gasteiger partial charge on any atom is 0.238 e. The van der Waals surface area contributed by atoms with Crippen molar-refractivity contribution < 1.29 is 14.4 Å². The summed E-state index contributed by atoms with van der Waals surface area (Å²) < 4.78 is 0. The summed E-state index contributed by atoms with van der Waals surface area (Å²) in [6.45, 7) is 0.895. The van der Waals surface area contributed by atoms with Crippen LogP contribution in [-0.4, -0.2) is 41.0 Å². The molecular formula is C15H17N3O3S. The number of rotatable bonds is 3. The van der Waals surface area contributed by atoms with Crippen molar-refractivity contribution in [2.45, 2.75) is 23.0 Å². The van der Waals surface area contributed by atoms with Crippen molar-refractivity contribution in [3.63, 3.8) is 0 Å². The monoisotopic (exact) mass is 319 g/mol. The molecule has 3 rings (SSSR count). The van der Waals surface area contributed by atoms with Crippen molar-refractivity contribution >= 4 is 35.2 Å². The van der Waals surface area contributed by atoms with Gasteiger partial charge in [-0.25, -0.2) is 0 Å². The number of anilines is 1. The number of thioether (sulfide) groups is 1. The summed E-state index contributed by atoms with van der Waals surface area (Å²) in [5.41, 5.74) is 6.06. The second-order valence-electron chi connectivity index (χ2n) is 5.52. The van der Waals surface area contributed by atoms with Crippen LogP contribution < -0.4 is 11.1 Å². The van der Waals surface area contributed by atoms with Crippen LogP contribution in [0, 0.1) is 5.92 Å². The van der Waals surface area contributed by atoms with E-state index in [1.165, 1.54) is 11.8 Å². The zero-order valence-electron chi connectivity index (χ0n) is 12.0. The van der Waals surface area contributed by atoms with Crippen molar-refractivity contribution in [3.8, 4) is 0 Å². The molecule has 1 saturated heterocycles. The quantitative estimate of drug-likeness (QED) is 0.863. The third-order valence-electron chi connectivity index (χ3n) is 4.01. The molecule has 2 aliphatic heterocycles. The topological polar surface area (TPSA) is 92.5 Å². The molecule has 6 nitrogen and oxygen atoms in total. The number of carbonyl (C=O) groups is 3. The van der Waals surface area contributed by atoms with Crippen LogP contribution in [0.2, 0.25) is 0 Å². The van der Waals surface area contributed by atoms with Crippen molar-refractivity contribution in [2.24, 2.45) is 11.7 Å². The molecule has 2 heterocycles. The van der Waals surface area contributed by atoms with Gasteiger partial charge in [0.25, 0.3) is 0 Å². The van der Waals surface area contributed by atoms with Crippen LogP contribution in [-0.2, 0) is 14.4 Å². The van der Waals surface area contributed by atoms with Gasteiger partial charge >= 0.3 is 0 Å². The van der Waals surface area contributed by atoms with Crippen molar-refractivity contribution in [3.05, 3.63) is 24.3 Å². The zero-order chi connectivity index (χ0) is 15.7. The lowest BCUT2D eigenvalue weighted by Crippen LogP contribution is -2.37. The molecule has 7 heteroatoms. The second-order valence-corrected chi connectivity index (χ2v) is 6.77. The average molecular weight is 319 g/mol. The molecule has 22 heavy (non-hydrogen) atoms. The fourth-order valence-electron chi connectivity index (χ4n) is 2.73. The molecule has 116 valence electrons. The molecule has 0 bridgehead atoms. The molecule has 1 aromatic rings. The fraction of sp³-hybridized carbons (Fsp3) is 0.400. The van der Waals surface area contributed by atoms with Crippen molar-refractivity contribution in [1.82, 2.24) is 4.90 Å². The lowest BCUT2D eigenvalue weighted by Gasteiger charge is -2.25. The number of nitrogens with two attached hydrogens (primary N) is 1. The number of fused-ring (bicyclic) bond motifs is 1. The number of primary amides is 1. The molecule has 2 unspecified atom stereocenters. The molecular weight excluding hydrogens is 302 g/mol. The lowest BCUT2D eigenvalue weighted by molar-refractivity contribution is -0.132. The number of para-hydroxylation sites is 1. The van der Waals surface area contributed by atoms with Crippen LogP contribution in [0.15, 0.2) is 29.2 Å². The number of hydrogen-bond donors (Lipinski definition) is 2. The summed E-state index contributed by atoms with van der Waals surface area (Å²) in [5, 5.41) is 2.39. The molecule has 0 radical (unpaired) electrons. The minimum Gasteiger partial charge on any atom is -0.369 e. The Hall–Kier alpha value is -2.02. The van der Waals surface area contributed by atoms with E-state index in [1.54, 1.807) is 4.90 Å². The summed E-state index contributed by atoms with van der Waals surface area (Å²) in [6, 6.07) is 7.53. The van der Waals surface area contributed by atoms with E-state index in [0.29, 0.717) is 19.5 Å². The van der Waals surface area contributed by atoms with Crippen molar-refractivity contribution in [2.75, 3.05) is 18.4 Å². The van der Waals surface area contributed by atoms with Crippen LogP contribution in [0.5, 0.6) is 0 Å². The minimum atomic E-state index is -0.435. The van der Waals surface area contributed by atoms with Gasteiger partial charge in [0.1, 0.15) is 0 Å². The molecule has 0 spiro atoms. The summed E-state index contributed by atoms with van der Waals surface area (Å²) in [7, 11) is 0. The number of amides is 3. The normalized spacial score (nSPS) is 23.8. The number of nitrogens with zero attached hydrogens (tertiary/aromatic N) is 1. The van der Waals surface area contributed by atoms with E-state index in [4.69, 9.17) is 5.73 Å². The maximum absolute atomic E-state index is 12.3. The lowest BCUT2D eigenvalue weighted by atomic mass is 10.1. The van der Waals surface area contributed by atoms with Gasteiger partial charge in [0.2, 0.25) is 17.7 Å². The zero-order valence-corrected chi connectivity index (χ0v) is 12.8. The highest BCUT2D eigenvalue weighted by molar-refractivity contribution is 8.01. The van der Waals surface area contributed by atoms with E-state index in [9.17, 15) is 14.4 Å². The number of carbonyl (C=O) groups excluding carboxylic acids is 3. The van der Waals surface area contributed by atoms with Crippen LogP contribution in [0.4, 0.5) is 5.69 Å². The Morgan fingerprint density at radius 3 is 2.86 bits per heavy atom. The highest BCUT2D eigenvalue weighted by Crippen LogP contribution is 2.37. The standard InChI is InChI=1S/C15H17N3O3S/c16-14(20)9-5-6-18(8-9)13(19)7-12-15(21)17-10-3-1-2-4-11(10)22-12/h1-4,9,12H,5-8H2,(H2,16,20)(H,17,21). The molecule has 1 fully saturated rings. The highest BCUT2D eigenvalue weighted by Gasteiger charge is 2.34. The first-order valence-electron chi connectivity index (χ1n) is 7.18. The van der Waals surface area contributed by atoms with E-state index >= 15 is 0 Å². The highest BCUT2D eigenvalue weighted by atomic mass is 32.2. The maximum atomic E-state index is 12.3. The third-order valence-corrected chi connectivity index (χ3v) is 5.29. The number of likely N-dealkylation sites (tertiary alicyclic amines) is 1. The summed E-state index contributed by atoms with van der Waals surface area (Å²) in [5.74, 6) is -0.884. The molecule has 3 amide bonds. The predicted octanol–water partition coefficient (Wildman–Crippen LogP) is 0.823. The number of benzene rings is 1.